The maximum absolute atomic E-state index is 13.0. The van der Waals surface area contributed by atoms with Gasteiger partial charge in [0.25, 0.3) is 11.6 Å². The van der Waals surface area contributed by atoms with Gasteiger partial charge in [-0.15, -0.1) is 0 Å². The Kier molecular flexibility index (Phi) is 7.18. The Morgan fingerprint density at radius 1 is 1.00 bits per heavy atom. The summed E-state index contributed by atoms with van der Waals surface area (Å²) in [5.41, 5.74) is -0.0534. The average molecular weight is 542 g/mol. The van der Waals surface area contributed by atoms with Crippen LogP contribution in [0.25, 0.3) is 16.8 Å². The molecule has 9 heteroatoms. The van der Waals surface area contributed by atoms with Gasteiger partial charge in [-0.3, -0.25) is 14.9 Å². The Bertz CT molecular complexity index is 1580. The number of carbonyl (C=O) groups excluding carboxylic acids is 2. The van der Waals surface area contributed by atoms with Gasteiger partial charge in [-0.05, 0) is 47.2 Å². The van der Waals surface area contributed by atoms with Crippen LogP contribution in [-0.2, 0) is 4.79 Å². The van der Waals surface area contributed by atoms with Gasteiger partial charge in [0.15, 0.2) is 0 Å². The van der Waals surface area contributed by atoms with Crippen molar-refractivity contribution in [2.75, 3.05) is 5.32 Å². The lowest BCUT2D eigenvalue weighted by molar-refractivity contribution is -0.383. The molecule has 0 spiro atoms. The predicted octanol–water partition coefficient (Wildman–Crippen LogP) is 6.28. The van der Waals surface area contributed by atoms with Crippen LogP contribution in [0, 0.1) is 21.4 Å². The van der Waals surface area contributed by atoms with Crippen molar-refractivity contribution < 1.29 is 19.2 Å². The van der Waals surface area contributed by atoms with Crippen LogP contribution in [0.4, 0.5) is 11.4 Å². The SMILES string of the molecule is N#C/C(=C\c1cc(Br)ccc1OC(=O)c1cccc2ccccc12)C(=O)Nc1ccccc1[N+](=O)[O-]. The van der Waals surface area contributed by atoms with Crippen LogP contribution in [0.1, 0.15) is 15.9 Å². The number of halogens is 1. The molecule has 1 N–H and O–H groups in total. The fourth-order valence-corrected chi connectivity index (χ4v) is 3.89. The minimum Gasteiger partial charge on any atom is -0.422 e. The van der Waals surface area contributed by atoms with Crippen LogP contribution in [0.5, 0.6) is 5.75 Å². The van der Waals surface area contributed by atoms with Crippen molar-refractivity contribution in [2.45, 2.75) is 0 Å². The number of benzene rings is 4. The molecule has 0 fully saturated rings. The molecule has 0 bridgehead atoms. The summed E-state index contributed by atoms with van der Waals surface area (Å²) in [5.74, 6) is -1.33. The van der Waals surface area contributed by atoms with Gasteiger partial charge < -0.3 is 10.1 Å². The summed E-state index contributed by atoms with van der Waals surface area (Å²) in [7, 11) is 0. The first-order valence-corrected chi connectivity index (χ1v) is 11.3. The summed E-state index contributed by atoms with van der Waals surface area (Å²) < 4.78 is 6.27. The van der Waals surface area contributed by atoms with Crippen molar-refractivity contribution >= 4 is 56.0 Å². The molecule has 4 aromatic carbocycles. The molecule has 0 aliphatic rings. The zero-order valence-electron chi connectivity index (χ0n) is 18.5. The smallest absolute Gasteiger partial charge is 0.344 e. The van der Waals surface area contributed by atoms with Crippen LogP contribution in [0.3, 0.4) is 0 Å². The van der Waals surface area contributed by atoms with E-state index in [0.29, 0.717) is 10.0 Å². The van der Waals surface area contributed by atoms with Crippen molar-refractivity contribution in [2.24, 2.45) is 0 Å². The normalized spacial score (nSPS) is 10.9. The molecular weight excluding hydrogens is 526 g/mol. The highest BCUT2D eigenvalue weighted by Crippen LogP contribution is 2.29. The Labute approximate surface area is 213 Å². The molecule has 1 amide bonds. The van der Waals surface area contributed by atoms with Crippen molar-refractivity contribution in [3.8, 4) is 11.8 Å². The standard InChI is InChI=1S/C27H16BrN3O5/c28-20-12-13-25(36-27(33)22-9-5-7-17-6-1-2-8-21(17)22)18(15-20)14-19(16-29)26(32)30-23-10-3-4-11-24(23)31(34)35/h1-15H,(H,30,32)/b19-14+. The Balaban J connectivity index is 1.66. The van der Waals surface area contributed by atoms with Crippen LogP contribution in [-0.4, -0.2) is 16.8 Å². The molecule has 176 valence electrons. The number of amides is 1. The van der Waals surface area contributed by atoms with Crippen molar-refractivity contribution in [3.63, 3.8) is 0 Å². The number of nitrogens with one attached hydrogen (secondary N) is 1. The maximum Gasteiger partial charge on any atom is 0.344 e. The summed E-state index contributed by atoms with van der Waals surface area (Å²) in [6, 6.07) is 24.8. The number of ether oxygens (including phenoxy) is 1. The lowest BCUT2D eigenvalue weighted by Gasteiger charge is -2.11. The van der Waals surface area contributed by atoms with E-state index in [1.165, 1.54) is 36.4 Å². The molecule has 0 heterocycles. The highest BCUT2D eigenvalue weighted by atomic mass is 79.9. The second-order valence-corrected chi connectivity index (χ2v) is 8.41. The van der Waals surface area contributed by atoms with Gasteiger partial charge in [0.1, 0.15) is 23.1 Å². The number of rotatable bonds is 6. The fraction of sp³-hybridized carbons (Fsp3) is 0. The molecule has 0 unspecified atom stereocenters. The summed E-state index contributed by atoms with van der Waals surface area (Å²) in [6.45, 7) is 0. The van der Waals surface area contributed by atoms with E-state index in [1.54, 1.807) is 30.3 Å². The van der Waals surface area contributed by atoms with Crippen molar-refractivity contribution in [1.82, 2.24) is 0 Å². The van der Waals surface area contributed by atoms with Crippen LogP contribution in [0.2, 0.25) is 0 Å². The summed E-state index contributed by atoms with van der Waals surface area (Å²) >= 11 is 3.34. The minimum atomic E-state index is -0.849. The third-order valence-electron chi connectivity index (χ3n) is 5.20. The van der Waals surface area contributed by atoms with E-state index in [0.717, 1.165) is 10.8 Å². The largest absolute Gasteiger partial charge is 0.422 e. The summed E-state index contributed by atoms with van der Waals surface area (Å²) in [4.78, 5) is 36.4. The molecule has 0 saturated heterocycles. The van der Waals surface area contributed by atoms with Gasteiger partial charge in [-0.2, -0.15) is 5.26 Å². The molecule has 36 heavy (non-hydrogen) atoms. The predicted molar refractivity (Wildman–Crippen MR) is 138 cm³/mol. The van der Waals surface area contributed by atoms with Crippen LogP contribution < -0.4 is 10.1 Å². The highest BCUT2D eigenvalue weighted by molar-refractivity contribution is 9.10. The highest BCUT2D eigenvalue weighted by Gasteiger charge is 2.19. The fourth-order valence-electron chi connectivity index (χ4n) is 3.52. The number of nitro groups is 1. The molecule has 0 aromatic heterocycles. The second-order valence-electron chi connectivity index (χ2n) is 7.50. The van der Waals surface area contributed by atoms with Gasteiger partial charge in [-0.1, -0.05) is 64.5 Å². The molecule has 0 aliphatic carbocycles. The van der Waals surface area contributed by atoms with E-state index < -0.39 is 16.8 Å². The van der Waals surface area contributed by atoms with Crippen molar-refractivity contribution in [3.05, 3.63) is 116 Å². The Hall–Kier alpha value is -4.81. The number of anilines is 1. The molecule has 8 nitrogen and oxygen atoms in total. The molecule has 0 atom stereocenters. The Morgan fingerprint density at radius 3 is 2.50 bits per heavy atom. The molecule has 0 radical (unpaired) electrons. The number of nitro benzene ring substituents is 1. The van der Waals surface area contributed by atoms with Gasteiger partial charge in [0.2, 0.25) is 0 Å². The van der Waals surface area contributed by atoms with Crippen LogP contribution >= 0.6 is 15.9 Å². The van der Waals surface area contributed by atoms with Gasteiger partial charge in [0, 0.05) is 16.1 Å². The quantitative estimate of drug-likeness (QED) is 0.0765. The monoisotopic (exact) mass is 541 g/mol. The first kappa shape index (κ1) is 24.3. The van der Waals surface area contributed by atoms with Crippen molar-refractivity contribution in [1.29, 1.82) is 5.26 Å². The third-order valence-corrected chi connectivity index (χ3v) is 5.69. The zero-order valence-corrected chi connectivity index (χ0v) is 20.1. The third kappa shape index (κ3) is 5.29. The molecule has 4 aromatic rings. The molecule has 4 rings (SSSR count). The summed E-state index contributed by atoms with van der Waals surface area (Å²) in [5, 5.41) is 24.9. The number of para-hydroxylation sites is 2. The van der Waals surface area contributed by atoms with Gasteiger partial charge >= 0.3 is 5.97 Å². The maximum atomic E-state index is 13.0. The lowest BCUT2D eigenvalue weighted by Crippen LogP contribution is -2.15. The zero-order chi connectivity index (χ0) is 25.7. The number of nitrogens with zero attached hydrogens (tertiary/aromatic N) is 2. The van der Waals surface area contributed by atoms with E-state index in [1.807, 2.05) is 30.3 Å². The summed E-state index contributed by atoms with van der Waals surface area (Å²) in [6.07, 6.45) is 1.25. The molecule has 0 saturated carbocycles. The first-order valence-electron chi connectivity index (χ1n) is 10.5. The van der Waals surface area contributed by atoms with E-state index >= 15 is 0 Å². The van der Waals surface area contributed by atoms with E-state index in [-0.39, 0.29) is 28.3 Å². The van der Waals surface area contributed by atoms with E-state index in [2.05, 4.69) is 21.2 Å². The van der Waals surface area contributed by atoms with Gasteiger partial charge in [-0.25, -0.2) is 4.79 Å². The number of carbonyl (C=O) groups is 2. The lowest BCUT2D eigenvalue weighted by atomic mass is 10.0. The van der Waals surface area contributed by atoms with Gasteiger partial charge in [0.05, 0.1) is 10.5 Å². The van der Waals surface area contributed by atoms with Crippen LogP contribution in [0.15, 0.2) is 95.0 Å². The van der Waals surface area contributed by atoms with E-state index in [9.17, 15) is 25.0 Å². The topological polar surface area (TPSA) is 122 Å². The number of hydrogen-bond donors (Lipinski definition) is 1. The Morgan fingerprint density at radius 2 is 1.72 bits per heavy atom. The average Bonchev–Trinajstić information content (AvgIpc) is 2.88. The number of nitriles is 1. The number of hydrogen-bond acceptors (Lipinski definition) is 6. The second kappa shape index (κ2) is 10.6. The number of esters is 1. The van der Waals surface area contributed by atoms with E-state index in [4.69, 9.17) is 4.74 Å². The first-order chi connectivity index (χ1) is 17.4. The minimum absolute atomic E-state index is 0.0505. The molecular formula is C27H16BrN3O5. The number of fused-ring (bicyclic) bond motifs is 1. The molecule has 0 aliphatic heterocycles.